The van der Waals surface area contributed by atoms with Crippen LogP contribution in [0.4, 0.5) is 0 Å². The van der Waals surface area contributed by atoms with Gasteiger partial charge in [-0.2, -0.15) is 0 Å². The molecule has 0 saturated heterocycles. The minimum atomic E-state index is -0.905. The number of pyridine rings is 1. The van der Waals surface area contributed by atoms with E-state index in [1.165, 1.54) is 0 Å². The molecule has 0 radical (unpaired) electrons. The highest BCUT2D eigenvalue weighted by Crippen LogP contribution is 2.30. The van der Waals surface area contributed by atoms with Gasteiger partial charge in [-0.3, -0.25) is 4.98 Å². The number of aromatic carboxylic acids is 1. The van der Waals surface area contributed by atoms with Crippen LogP contribution in [0.15, 0.2) is 54.9 Å². The summed E-state index contributed by atoms with van der Waals surface area (Å²) in [4.78, 5) is 15.9. The monoisotopic (exact) mass is 306 g/mol. The highest BCUT2D eigenvalue weighted by molar-refractivity contribution is 5.92. The molecule has 4 heteroatoms. The molecule has 23 heavy (non-hydrogen) atoms. The van der Waals surface area contributed by atoms with E-state index in [2.05, 4.69) is 4.98 Å². The molecular weight excluding hydrogens is 288 g/mol. The van der Waals surface area contributed by atoms with E-state index in [9.17, 15) is 9.90 Å². The van der Waals surface area contributed by atoms with Crippen LogP contribution >= 0.6 is 0 Å². The second kappa shape index (κ2) is 6.08. The Bertz CT molecular complexity index is 851. The SMILES string of the molecule is Cc1ccccc1-c1c(C)c(C(=O)O)cn1Cc1ccccn1. The first kappa shape index (κ1) is 15.0. The molecule has 4 nitrogen and oxygen atoms in total. The fourth-order valence-electron chi connectivity index (χ4n) is 2.86. The molecule has 116 valence electrons. The van der Waals surface area contributed by atoms with Crippen LogP contribution in [0.25, 0.3) is 11.3 Å². The van der Waals surface area contributed by atoms with E-state index in [-0.39, 0.29) is 0 Å². The Morgan fingerprint density at radius 1 is 1.13 bits per heavy atom. The summed E-state index contributed by atoms with van der Waals surface area (Å²) < 4.78 is 1.98. The van der Waals surface area contributed by atoms with Gasteiger partial charge in [0, 0.05) is 18.0 Å². The summed E-state index contributed by atoms with van der Waals surface area (Å²) in [7, 11) is 0. The average Bonchev–Trinajstić information content (AvgIpc) is 2.86. The van der Waals surface area contributed by atoms with Crippen LogP contribution in [0.5, 0.6) is 0 Å². The quantitative estimate of drug-likeness (QED) is 0.795. The van der Waals surface area contributed by atoms with Crippen molar-refractivity contribution in [2.75, 3.05) is 0 Å². The van der Waals surface area contributed by atoms with Crippen LogP contribution in [0.2, 0.25) is 0 Å². The van der Waals surface area contributed by atoms with Gasteiger partial charge in [0.05, 0.1) is 23.5 Å². The van der Waals surface area contributed by atoms with Gasteiger partial charge in [-0.05, 0) is 37.1 Å². The molecule has 0 fully saturated rings. The molecule has 0 spiro atoms. The van der Waals surface area contributed by atoms with Crippen LogP contribution in [-0.2, 0) is 6.54 Å². The summed E-state index contributed by atoms with van der Waals surface area (Å²) in [5, 5.41) is 9.46. The Morgan fingerprint density at radius 3 is 2.52 bits per heavy atom. The molecule has 3 rings (SSSR count). The first-order valence-electron chi connectivity index (χ1n) is 7.47. The minimum absolute atomic E-state index is 0.333. The van der Waals surface area contributed by atoms with E-state index in [1.807, 2.05) is 60.9 Å². The van der Waals surface area contributed by atoms with Crippen molar-refractivity contribution in [1.82, 2.24) is 9.55 Å². The van der Waals surface area contributed by atoms with E-state index in [0.717, 1.165) is 28.1 Å². The molecule has 0 aliphatic carbocycles. The lowest BCUT2D eigenvalue weighted by Crippen LogP contribution is -2.03. The predicted octanol–water partition coefficient (Wildman–Crippen LogP) is 3.91. The maximum Gasteiger partial charge on any atom is 0.337 e. The summed E-state index contributed by atoms with van der Waals surface area (Å²) >= 11 is 0. The molecule has 0 aliphatic rings. The molecule has 0 bridgehead atoms. The van der Waals surface area contributed by atoms with Gasteiger partial charge in [0.25, 0.3) is 0 Å². The van der Waals surface area contributed by atoms with Crippen LogP contribution in [0.3, 0.4) is 0 Å². The third kappa shape index (κ3) is 2.88. The molecule has 2 heterocycles. The number of carbonyl (C=O) groups is 1. The van der Waals surface area contributed by atoms with Crippen molar-refractivity contribution in [2.45, 2.75) is 20.4 Å². The van der Waals surface area contributed by atoms with Crippen molar-refractivity contribution < 1.29 is 9.90 Å². The summed E-state index contributed by atoms with van der Waals surface area (Å²) in [6.07, 6.45) is 3.45. The third-order valence-corrected chi connectivity index (χ3v) is 4.02. The number of aryl methyl sites for hydroxylation is 1. The van der Waals surface area contributed by atoms with Crippen LogP contribution in [0, 0.1) is 13.8 Å². The Morgan fingerprint density at radius 2 is 1.87 bits per heavy atom. The zero-order valence-electron chi connectivity index (χ0n) is 13.2. The molecule has 0 saturated carbocycles. The first-order chi connectivity index (χ1) is 11.1. The van der Waals surface area contributed by atoms with E-state index in [4.69, 9.17) is 0 Å². The Hall–Kier alpha value is -2.88. The van der Waals surface area contributed by atoms with E-state index < -0.39 is 5.97 Å². The summed E-state index contributed by atoms with van der Waals surface area (Å²) in [6.45, 7) is 4.44. The highest BCUT2D eigenvalue weighted by Gasteiger charge is 2.19. The lowest BCUT2D eigenvalue weighted by Gasteiger charge is -2.12. The van der Waals surface area contributed by atoms with Gasteiger partial charge in [0.1, 0.15) is 0 Å². The molecule has 0 unspecified atom stereocenters. The fraction of sp³-hybridized carbons (Fsp3) is 0.158. The third-order valence-electron chi connectivity index (χ3n) is 4.02. The van der Waals surface area contributed by atoms with Gasteiger partial charge in [-0.15, -0.1) is 0 Å². The lowest BCUT2D eigenvalue weighted by atomic mass is 10.0. The molecule has 0 aliphatic heterocycles. The van der Waals surface area contributed by atoms with Crippen molar-refractivity contribution in [3.05, 3.63) is 77.2 Å². The van der Waals surface area contributed by atoms with E-state index in [1.54, 1.807) is 12.4 Å². The van der Waals surface area contributed by atoms with Crippen molar-refractivity contribution in [2.24, 2.45) is 0 Å². The second-order valence-corrected chi connectivity index (χ2v) is 5.59. The Balaban J connectivity index is 2.17. The van der Waals surface area contributed by atoms with Gasteiger partial charge in [-0.1, -0.05) is 30.3 Å². The summed E-state index contributed by atoms with van der Waals surface area (Å²) in [6, 6.07) is 13.8. The summed E-state index contributed by atoms with van der Waals surface area (Å²) in [5.41, 5.74) is 5.11. The topological polar surface area (TPSA) is 55.1 Å². The molecule has 3 aromatic rings. The lowest BCUT2D eigenvalue weighted by molar-refractivity contribution is 0.0696. The van der Waals surface area contributed by atoms with Gasteiger partial charge in [0.15, 0.2) is 0 Å². The number of rotatable bonds is 4. The standard InChI is InChI=1S/C19H18N2O2/c1-13-7-3-4-9-16(13)18-14(2)17(19(22)23)12-21(18)11-15-8-5-6-10-20-15/h3-10,12H,11H2,1-2H3,(H,22,23). The highest BCUT2D eigenvalue weighted by atomic mass is 16.4. The van der Waals surface area contributed by atoms with Crippen molar-refractivity contribution in [3.8, 4) is 11.3 Å². The van der Waals surface area contributed by atoms with Crippen LogP contribution in [-0.4, -0.2) is 20.6 Å². The Kier molecular flexibility index (Phi) is 3.98. The van der Waals surface area contributed by atoms with E-state index in [0.29, 0.717) is 12.1 Å². The maximum atomic E-state index is 11.5. The molecule has 1 N–H and O–H groups in total. The minimum Gasteiger partial charge on any atom is -0.478 e. The number of hydrogen-bond donors (Lipinski definition) is 1. The van der Waals surface area contributed by atoms with Crippen LogP contribution in [0.1, 0.15) is 27.2 Å². The number of carboxylic acids is 1. The van der Waals surface area contributed by atoms with Gasteiger partial charge in [-0.25, -0.2) is 4.79 Å². The van der Waals surface area contributed by atoms with Crippen molar-refractivity contribution >= 4 is 5.97 Å². The second-order valence-electron chi connectivity index (χ2n) is 5.59. The smallest absolute Gasteiger partial charge is 0.337 e. The zero-order valence-corrected chi connectivity index (χ0v) is 13.2. The molecule has 1 aromatic carbocycles. The maximum absolute atomic E-state index is 11.5. The molecule has 0 atom stereocenters. The van der Waals surface area contributed by atoms with Crippen LogP contribution < -0.4 is 0 Å². The fourth-order valence-corrected chi connectivity index (χ4v) is 2.86. The number of nitrogens with zero attached hydrogens (tertiary/aromatic N) is 2. The van der Waals surface area contributed by atoms with E-state index >= 15 is 0 Å². The first-order valence-corrected chi connectivity index (χ1v) is 7.47. The predicted molar refractivity (Wildman–Crippen MR) is 89.6 cm³/mol. The normalized spacial score (nSPS) is 10.7. The van der Waals surface area contributed by atoms with Crippen molar-refractivity contribution in [1.29, 1.82) is 0 Å². The number of aromatic nitrogens is 2. The summed E-state index contributed by atoms with van der Waals surface area (Å²) in [5.74, 6) is -0.905. The number of benzene rings is 1. The zero-order chi connectivity index (χ0) is 16.4. The molecule has 0 amide bonds. The number of carboxylic acid groups (broad SMARTS) is 1. The van der Waals surface area contributed by atoms with Crippen molar-refractivity contribution in [3.63, 3.8) is 0 Å². The molecule has 2 aromatic heterocycles. The van der Waals surface area contributed by atoms with Gasteiger partial charge >= 0.3 is 5.97 Å². The van der Waals surface area contributed by atoms with Gasteiger partial charge < -0.3 is 9.67 Å². The number of hydrogen-bond acceptors (Lipinski definition) is 2. The van der Waals surface area contributed by atoms with Gasteiger partial charge in [0.2, 0.25) is 0 Å². The average molecular weight is 306 g/mol. The Labute approximate surface area is 135 Å². The molecular formula is C19H18N2O2. The largest absolute Gasteiger partial charge is 0.478 e.